The van der Waals surface area contributed by atoms with Crippen molar-refractivity contribution < 1.29 is 8.85 Å². The Labute approximate surface area is 116 Å². The van der Waals surface area contributed by atoms with Crippen LogP contribution in [0.3, 0.4) is 0 Å². The first kappa shape index (κ1) is 18.1. The first-order chi connectivity index (χ1) is 8.25. The van der Waals surface area contributed by atoms with Gasteiger partial charge in [0.1, 0.15) is 0 Å². The zero-order valence-corrected chi connectivity index (χ0v) is 14.8. The standard InChI is InChI=1S/C15H34O2Si/c1-9-12-18(16-11-3,14(6)10-2)17-15(7,8)13(4)5/h13-14H,9-12H2,1-8H3. The van der Waals surface area contributed by atoms with E-state index in [9.17, 15) is 0 Å². The highest BCUT2D eigenvalue weighted by Gasteiger charge is 2.46. The van der Waals surface area contributed by atoms with Crippen LogP contribution in [0.2, 0.25) is 11.6 Å². The van der Waals surface area contributed by atoms with Crippen molar-refractivity contribution in [1.29, 1.82) is 0 Å². The Morgan fingerprint density at radius 3 is 1.94 bits per heavy atom. The lowest BCUT2D eigenvalue weighted by atomic mass is 9.95. The largest absolute Gasteiger partial charge is 0.394 e. The summed E-state index contributed by atoms with van der Waals surface area (Å²) >= 11 is 0. The third kappa shape index (κ3) is 4.67. The van der Waals surface area contributed by atoms with E-state index in [1.165, 1.54) is 0 Å². The zero-order valence-electron chi connectivity index (χ0n) is 13.8. The molecule has 0 radical (unpaired) electrons. The topological polar surface area (TPSA) is 18.5 Å². The normalized spacial score (nSPS) is 17.8. The second-order valence-electron chi connectivity index (χ2n) is 6.16. The minimum absolute atomic E-state index is 0.0972. The van der Waals surface area contributed by atoms with Gasteiger partial charge in [0, 0.05) is 6.61 Å². The molecule has 0 amide bonds. The first-order valence-corrected chi connectivity index (χ1v) is 9.69. The van der Waals surface area contributed by atoms with Crippen LogP contribution in [0.15, 0.2) is 0 Å². The summed E-state index contributed by atoms with van der Waals surface area (Å²) in [7, 11) is -2.10. The van der Waals surface area contributed by atoms with E-state index < -0.39 is 8.56 Å². The Balaban J connectivity index is 5.16. The highest BCUT2D eigenvalue weighted by Crippen LogP contribution is 2.37. The van der Waals surface area contributed by atoms with E-state index in [0.717, 1.165) is 25.5 Å². The smallest absolute Gasteiger partial charge is 0.341 e. The molecule has 0 saturated heterocycles. The molecule has 2 unspecified atom stereocenters. The Kier molecular flexibility index (Phi) is 7.72. The van der Waals surface area contributed by atoms with Gasteiger partial charge in [0.25, 0.3) is 0 Å². The van der Waals surface area contributed by atoms with Crippen LogP contribution in [-0.4, -0.2) is 20.8 Å². The van der Waals surface area contributed by atoms with Crippen molar-refractivity contribution in [3.8, 4) is 0 Å². The Hall–Kier alpha value is 0.137. The lowest BCUT2D eigenvalue weighted by Crippen LogP contribution is -2.53. The van der Waals surface area contributed by atoms with Gasteiger partial charge in [0.15, 0.2) is 0 Å². The summed E-state index contributed by atoms with van der Waals surface area (Å²) in [6, 6.07) is 1.10. The number of hydrogen-bond acceptors (Lipinski definition) is 2. The van der Waals surface area contributed by atoms with Gasteiger partial charge >= 0.3 is 8.56 Å². The maximum Gasteiger partial charge on any atom is 0.341 e. The van der Waals surface area contributed by atoms with E-state index in [0.29, 0.717) is 11.5 Å². The quantitative estimate of drug-likeness (QED) is 0.543. The molecule has 0 aliphatic rings. The molecule has 0 aliphatic heterocycles. The third-order valence-corrected chi connectivity index (χ3v) is 8.93. The predicted molar refractivity (Wildman–Crippen MR) is 82.2 cm³/mol. The van der Waals surface area contributed by atoms with Crippen molar-refractivity contribution >= 4 is 8.56 Å². The highest BCUT2D eigenvalue weighted by molar-refractivity contribution is 6.69. The van der Waals surface area contributed by atoms with Crippen molar-refractivity contribution in [2.24, 2.45) is 5.92 Å². The molecule has 0 aromatic rings. The van der Waals surface area contributed by atoms with Gasteiger partial charge in [-0.05, 0) is 38.3 Å². The Morgan fingerprint density at radius 1 is 1.06 bits per heavy atom. The van der Waals surface area contributed by atoms with E-state index in [1.807, 2.05) is 0 Å². The molecule has 0 heterocycles. The fourth-order valence-corrected chi connectivity index (χ4v) is 6.33. The molecular weight excluding hydrogens is 240 g/mol. The summed E-state index contributed by atoms with van der Waals surface area (Å²) in [5, 5.41) is 0. The summed E-state index contributed by atoms with van der Waals surface area (Å²) in [5.74, 6) is 0.505. The minimum Gasteiger partial charge on any atom is -0.394 e. The SMILES string of the molecule is CCC[Si](OCC)(OC(C)(C)C(C)C)C(C)CC. The second kappa shape index (κ2) is 7.66. The van der Waals surface area contributed by atoms with Crippen LogP contribution in [0.1, 0.15) is 68.2 Å². The summed E-state index contributed by atoms with van der Waals surface area (Å²) in [4.78, 5) is 0. The van der Waals surface area contributed by atoms with Gasteiger partial charge in [0.2, 0.25) is 0 Å². The molecule has 110 valence electrons. The van der Waals surface area contributed by atoms with E-state index in [-0.39, 0.29) is 5.60 Å². The van der Waals surface area contributed by atoms with Crippen LogP contribution in [0, 0.1) is 5.92 Å². The van der Waals surface area contributed by atoms with Crippen LogP contribution in [0.5, 0.6) is 0 Å². The van der Waals surface area contributed by atoms with Gasteiger partial charge in [-0.15, -0.1) is 0 Å². The van der Waals surface area contributed by atoms with Crippen molar-refractivity contribution in [2.75, 3.05) is 6.61 Å². The van der Waals surface area contributed by atoms with Crippen LogP contribution >= 0.6 is 0 Å². The van der Waals surface area contributed by atoms with E-state index in [2.05, 4.69) is 55.4 Å². The highest BCUT2D eigenvalue weighted by atomic mass is 28.4. The van der Waals surface area contributed by atoms with Gasteiger partial charge < -0.3 is 8.85 Å². The molecule has 0 bridgehead atoms. The van der Waals surface area contributed by atoms with Crippen LogP contribution in [0.4, 0.5) is 0 Å². The molecule has 3 heteroatoms. The molecule has 2 atom stereocenters. The van der Waals surface area contributed by atoms with E-state index in [4.69, 9.17) is 8.85 Å². The fourth-order valence-electron chi connectivity index (χ4n) is 2.11. The molecule has 0 aromatic heterocycles. The number of hydrogen-bond donors (Lipinski definition) is 0. The van der Waals surface area contributed by atoms with Crippen molar-refractivity contribution in [2.45, 2.75) is 85.4 Å². The van der Waals surface area contributed by atoms with Crippen LogP contribution < -0.4 is 0 Å². The Morgan fingerprint density at radius 2 is 1.61 bits per heavy atom. The summed E-state index contributed by atoms with van der Waals surface area (Å²) in [5.41, 5.74) is 0.454. The molecule has 0 rings (SSSR count). The molecule has 0 aromatic carbocycles. The van der Waals surface area contributed by atoms with Crippen LogP contribution in [-0.2, 0) is 8.85 Å². The minimum atomic E-state index is -2.10. The summed E-state index contributed by atoms with van der Waals surface area (Å²) in [6.07, 6.45) is 2.28. The lowest BCUT2D eigenvalue weighted by molar-refractivity contribution is 0.00896. The molecule has 0 fully saturated rings. The van der Waals surface area contributed by atoms with Crippen molar-refractivity contribution in [3.05, 3.63) is 0 Å². The maximum absolute atomic E-state index is 6.64. The molecule has 0 aliphatic carbocycles. The van der Waals surface area contributed by atoms with Crippen molar-refractivity contribution in [1.82, 2.24) is 0 Å². The predicted octanol–water partition coefficient (Wildman–Crippen LogP) is 5.13. The summed E-state index contributed by atoms with van der Waals surface area (Å²) < 4.78 is 12.9. The van der Waals surface area contributed by atoms with Gasteiger partial charge in [0.05, 0.1) is 5.60 Å². The van der Waals surface area contributed by atoms with E-state index >= 15 is 0 Å². The zero-order chi connectivity index (χ0) is 14.4. The molecule has 0 saturated carbocycles. The monoisotopic (exact) mass is 274 g/mol. The second-order valence-corrected chi connectivity index (χ2v) is 9.77. The van der Waals surface area contributed by atoms with Crippen molar-refractivity contribution in [3.63, 3.8) is 0 Å². The van der Waals surface area contributed by atoms with Gasteiger partial charge in [-0.25, -0.2) is 0 Å². The molecule has 0 N–H and O–H groups in total. The lowest BCUT2D eigenvalue weighted by Gasteiger charge is -2.43. The van der Waals surface area contributed by atoms with Gasteiger partial charge in [-0.1, -0.05) is 47.5 Å². The molecule has 0 spiro atoms. The molecular formula is C15H34O2Si. The van der Waals surface area contributed by atoms with Crippen LogP contribution in [0.25, 0.3) is 0 Å². The summed E-state index contributed by atoms with van der Waals surface area (Å²) in [6.45, 7) is 18.5. The maximum atomic E-state index is 6.64. The van der Waals surface area contributed by atoms with Gasteiger partial charge in [-0.3, -0.25) is 0 Å². The number of rotatable bonds is 9. The average Bonchev–Trinajstić information content (AvgIpc) is 2.27. The van der Waals surface area contributed by atoms with E-state index in [1.54, 1.807) is 0 Å². The molecule has 18 heavy (non-hydrogen) atoms. The Bertz CT molecular complexity index is 221. The first-order valence-electron chi connectivity index (χ1n) is 7.59. The average molecular weight is 275 g/mol. The molecule has 2 nitrogen and oxygen atoms in total. The fraction of sp³-hybridized carbons (Fsp3) is 1.00. The van der Waals surface area contributed by atoms with Gasteiger partial charge in [-0.2, -0.15) is 0 Å². The third-order valence-electron chi connectivity index (χ3n) is 4.18.